The van der Waals surface area contributed by atoms with E-state index in [1.165, 1.54) is 0 Å². The first kappa shape index (κ1) is 14.4. The highest BCUT2D eigenvalue weighted by atomic mass is 19.1. The average molecular weight is 323 g/mol. The van der Waals surface area contributed by atoms with Crippen LogP contribution in [0.4, 0.5) is 4.39 Å². The minimum atomic E-state index is -0.513. The van der Waals surface area contributed by atoms with Crippen LogP contribution in [0.25, 0.3) is 33.7 Å². The Bertz CT molecular complexity index is 978. The number of pyridine rings is 1. The van der Waals surface area contributed by atoms with Crippen LogP contribution in [0.2, 0.25) is 0 Å². The number of rotatable bonds is 5. The van der Waals surface area contributed by atoms with Crippen LogP contribution in [0.1, 0.15) is 0 Å². The molecular weight excluding hydrogens is 309 g/mol. The molecule has 1 aromatic carbocycles. The van der Waals surface area contributed by atoms with E-state index in [2.05, 4.69) is 25.1 Å². The van der Waals surface area contributed by atoms with E-state index in [-0.39, 0.29) is 6.61 Å². The third-order valence-corrected chi connectivity index (χ3v) is 3.64. The maximum Gasteiger partial charge on any atom is 0.157 e. The summed E-state index contributed by atoms with van der Waals surface area (Å²) in [5.41, 5.74) is 4.95. The molecule has 4 rings (SSSR count). The van der Waals surface area contributed by atoms with Gasteiger partial charge in [0.2, 0.25) is 0 Å². The zero-order chi connectivity index (χ0) is 16.4. The number of hydrogen-bond acceptors (Lipinski definition) is 4. The number of fused-ring (bicyclic) bond motifs is 1. The van der Waals surface area contributed by atoms with Crippen molar-refractivity contribution in [2.24, 2.45) is 0 Å². The number of H-pyrrole nitrogens is 2. The minimum Gasteiger partial charge on any atom is -0.491 e. The number of hydrogen-bond donors (Lipinski definition) is 2. The van der Waals surface area contributed by atoms with Crippen LogP contribution in [0.15, 0.2) is 48.9 Å². The first-order chi connectivity index (χ1) is 11.8. The van der Waals surface area contributed by atoms with Gasteiger partial charge in [-0.3, -0.25) is 5.10 Å². The molecule has 0 aliphatic rings. The van der Waals surface area contributed by atoms with Crippen molar-refractivity contribution in [2.45, 2.75) is 0 Å². The maximum absolute atomic E-state index is 12.2. The first-order valence-corrected chi connectivity index (χ1v) is 7.47. The number of benzene rings is 1. The molecule has 0 bridgehead atoms. The number of aromatic amines is 2. The molecule has 0 amide bonds. The molecule has 3 aromatic heterocycles. The number of alkyl halides is 1. The number of ether oxygens (including phenoxy) is 1. The van der Waals surface area contributed by atoms with Crippen LogP contribution in [0.5, 0.6) is 5.75 Å². The van der Waals surface area contributed by atoms with Crippen LogP contribution < -0.4 is 4.74 Å². The lowest BCUT2D eigenvalue weighted by Gasteiger charge is -2.04. The van der Waals surface area contributed by atoms with Crippen molar-refractivity contribution in [3.05, 3.63) is 48.9 Å². The monoisotopic (exact) mass is 323 g/mol. The van der Waals surface area contributed by atoms with Crippen molar-refractivity contribution in [2.75, 3.05) is 13.3 Å². The summed E-state index contributed by atoms with van der Waals surface area (Å²) in [4.78, 5) is 11.5. The SMILES string of the molecule is FCCOc1cccc(-c2cc(-c3cnc4[nH]cnc4c3)n[nH]2)c1. The van der Waals surface area contributed by atoms with Gasteiger partial charge in [0.15, 0.2) is 5.65 Å². The molecule has 0 fully saturated rings. The highest BCUT2D eigenvalue weighted by molar-refractivity contribution is 5.77. The molecule has 120 valence electrons. The maximum atomic E-state index is 12.2. The second-order valence-corrected chi connectivity index (χ2v) is 5.23. The quantitative estimate of drug-likeness (QED) is 0.590. The predicted octanol–water partition coefficient (Wildman–Crippen LogP) is 3.36. The molecule has 4 aromatic rings. The molecule has 0 aliphatic heterocycles. The van der Waals surface area contributed by atoms with E-state index in [0.29, 0.717) is 5.75 Å². The second kappa shape index (κ2) is 6.11. The van der Waals surface area contributed by atoms with Gasteiger partial charge >= 0.3 is 0 Å². The highest BCUT2D eigenvalue weighted by Gasteiger charge is 2.09. The lowest BCUT2D eigenvalue weighted by molar-refractivity contribution is 0.273. The molecule has 3 heterocycles. The number of aromatic nitrogens is 5. The van der Waals surface area contributed by atoms with E-state index in [1.807, 2.05) is 30.3 Å². The molecule has 24 heavy (non-hydrogen) atoms. The molecule has 6 nitrogen and oxygen atoms in total. The topological polar surface area (TPSA) is 79.5 Å². The van der Waals surface area contributed by atoms with Crippen molar-refractivity contribution in [1.29, 1.82) is 0 Å². The fourth-order valence-electron chi connectivity index (χ4n) is 2.49. The molecule has 2 N–H and O–H groups in total. The summed E-state index contributed by atoms with van der Waals surface area (Å²) in [5, 5.41) is 7.35. The van der Waals surface area contributed by atoms with Crippen LogP contribution in [0.3, 0.4) is 0 Å². The largest absolute Gasteiger partial charge is 0.491 e. The molecule has 0 spiro atoms. The molecule has 0 saturated carbocycles. The van der Waals surface area contributed by atoms with E-state index in [9.17, 15) is 4.39 Å². The van der Waals surface area contributed by atoms with E-state index >= 15 is 0 Å². The third kappa shape index (κ3) is 2.71. The Labute approximate surface area is 136 Å². The van der Waals surface area contributed by atoms with Gasteiger partial charge < -0.3 is 9.72 Å². The van der Waals surface area contributed by atoms with Gasteiger partial charge in [0.05, 0.1) is 17.7 Å². The Hall–Kier alpha value is -3.22. The van der Waals surface area contributed by atoms with Gasteiger partial charge in [-0.25, -0.2) is 14.4 Å². The van der Waals surface area contributed by atoms with Crippen molar-refractivity contribution in [3.8, 4) is 28.3 Å². The van der Waals surface area contributed by atoms with Gasteiger partial charge in [-0.2, -0.15) is 5.10 Å². The second-order valence-electron chi connectivity index (χ2n) is 5.23. The van der Waals surface area contributed by atoms with Gasteiger partial charge in [0, 0.05) is 17.3 Å². The standard InChI is InChI=1S/C17H14FN5O/c18-4-5-24-13-3-1-2-11(6-13)14-8-15(23-22-14)12-7-16-17(19-9-12)21-10-20-16/h1-3,6-10H,4-5H2,(H,22,23)(H,19,20,21). The van der Waals surface area contributed by atoms with Crippen molar-refractivity contribution in [1.82, 2.24) is 25.1 Å². The van der Waals surface area contributed by atoms with E-state index in [4.69, 9.17) is 4.74 Å². The van der Waals surface area contributed by atoms with Gasteiger partial charge in [-0.15, -0.1) is 0 Å². The lowest BCUT2D eigenvalue weighted by atomic mass is 10.1. The zero-order valence-electron chi connectivity index (χ0n) is 12.7. The minimum absolute atomic E-state index is 0.0486. The Morgan fingerprint density at radius 1 is 1.08 bits per heavy atom. The van der Waals surface area contributed by atoms with Crippen LogP contribution in [-0.2, 0) is 0 Å². The number of nitrogens with zero attached hydrogens (tertiary/aromatic N) is 3. The Morgan fingerprint density at radius 3 is 2.96 bits per heavy atom. The van der Waals surface area contributed by atoms with Crippen LogP contribution in [-0.4, -0.2) is 38.4 Å². The normalized spacial score (nSPS) is 11.0. The van der Waals surface area contributed by atoms with Crippen LogP contribution in [0, 0.1) is 0 Å². The summed E-state index contributed by atoms with van der Waals surface area (Å²) in [6, 6.07) is 11.3. The summed E-state index contributed by atoms with van der Waals surface area (Å²) in [6.45, 7) is -0.464. The fourth-order valence-corrected chi connectivity index (χ4v) is 2.49. The molecule has 0 aliphatic carbocycles. The summed E-state index contributed by atoms with van der Waals surface area (Å²) < 4.78 is 17.5. The smallest absolute Gasteiger partial charge is 0.157 e. The molecule has 0 atom stereocenters. The van der Waals surface area contributed by atoms with Crippen molar-refractivity contribution in [3.63, 3.8) is 0 Å². The fraction of sp³-hybridized carbons (Fsp3) is 0.118. The number of halogens is 1. The summed E-state index contributed by atoms with van der Waals surface area (Å²) >= 11 is 0. The van der Waals surface area contributed by atoms with E-state index < -0.39 is 6.67 Å². The molecule has 0 unspecified atom stereocenters. The van der Waals surface area contributed by atoms with Crippen molar-refractivity contribution < 1.29 is 9.13 Å². The highest BCUT2D eigenvalue weighted by Crippen LogP contribution is 2.27. The zero-order valence-corrected chi connectivity index (χ0v) is 12.7. The summed E-state index contributed by atoms with van der Waals surface area (Å²) in [5.74, 6) is 0.626. The Morgan fingerprint density at radius 2 is 2.04 bits per heavy atom. The van der Waals surface area contributed by atoms with E-state index in [1.54, 1.807) is 18.6 Å². The average Bonchev–Trinajstić information content (AvgIpc) is 3.28. The molecule has 0 radical (unpaired) electrons. The van der Waals surface area contributed by atoms with Crippen molar-refractivity contribution >= 4 is 11.2 Å². The molecule has 7 heteroatoms. The van der Waals surface area contributed by atoms with Gasteiger partial charge in [-0.05, 0) is 24.3 Å². The Balaban J connectivity index is 1.64. The van der Waals surface area contributed by atoms with Gasteiger partial charge in [-0.1, -0.05) is 12.1 Å². The van der Waals surface area contributed by atoms with Gasteiger partial charge in [0.25, 0.3) is 0 Å². The first-order valence-electron chi connectivity index (χ1n) is 7.47. The molecule has 0 saturated heterocycles. The molecular formula is C17H14FN5O. The third-order valence-electron chi connectivity index (χ3n) is 3.64. The number of nitrogens with one attached hydrogen (secondary N) is 2. The number of imidazole rings is 1. The summed E-state index contributed by atoms with van der Waals surface area (Å²) in [6.07, 6.45) is 3.36. The lowest BCUT2D eigenvalue weighted by Crippen LogP contribution is -1.98. The van der Waals surface area contributed by atoms with E-state index in [0.717, 1.165) is 33.7 Å². The summed E-state index contributed by atoms with van der Waals surface area (Å²) in [7, 11) is 0. The predicted molar refractivity (Wildman–Crippen MR) is 88.4 cm³/mol. The Kier molecular flexibility index (Phi) is 3.66. The van der Waals surface area contributed by atoms with Crippen LogP contribution >= 0.6 is 0 Å². The van der Waals surface area contributed by atoms with Gasteiger partial charge in [0.1, 0.15) is 24.5 Å².